The number of hydrogen-bond donors (Lipinski definition) is 1. The fourth-order valence-electron chi connectivity index (χ4n) is 2.63. The average molecular weight is 379 g/mol. The first-order valence-corrected chi connectivity index (χ1v) is 9.97. The van der Waals surface area contributed by atoms with E-state index in [9.17, 15) is 8.42 Å². The highest BCUT2D eigenvalue weighted by atomic mass is 32.2. The third kappa shape index (κ3) is 4.45. The van der Waals surface area contributed by atoms with Crippen LogP contribution in [0.15, 0.2) is 59.5 Å². The number of aryl methyl sites for hydroxylation is 1. The van der Waals surface area contributed by atoms with Gasteiger partial charge in [-0.2, -0.15) is 4.72 Å². The fraction of sp³-hybridized carbons (Fsp3) is 0.190. The summed E-state index contributed by atoms with van der Waals surface area (Å²) in [5.74, 6) is 5.83. The quantitative estimate of drug-likeness (QED) is 0.708. The van der Waals surface area contributed by atoms with Crippen LogP contribution in [0.5, 0.6) is 0 Å². The molecule has 27 heavy (non-hydrogen) atoms. The van der Waals surface area contributed by atoms with E-state index in [1.807, 2.05) is 68.4 Å². The molecule has 1 heterocycles. The predicted molar refractivity (Wildman–Crippen MR) is 109 cm³/mol. The molecule has 0 aliphatic carbocycles. The van der Waals surface area contributed by atoms with Crippen LogP contribution in [0.1, 0.15) is 11.3 Å². The molecule has 0 saturated heterocycles. The molecule has 0 aliphatic heterocycles. The van der Waals surface area contributed by atoms with Gasteiger partial charge in [-0.15, -0.1) is 0 Å². The number of fused-ring (bicyclic) bond motifs is 1. The Morgan fingerprint density at radius 1 is 1.04 bits per heavy atom. The summed E-state index contributed by atoms with van der Waals surface area (Å²) in [5.41, 5.74) is 3.16. The zero-order valence-corrected chi connectivity index (χ0v) is 16.3. The summed E-state index contributed by atoms with van der Waals surface area (Å²) in [6.07, 6.45) is 0. The Kier molecular flexibility index (Phi) is 5.45. The van der Waals surface area contributed by atoms with Crippen molar-refractivity contribution in [2.24, 2.45) is 0 Å². The zero-order valence-electron chi connectivity index (χ0n) is 15.5. The van der Waals surface area contributed by atoms with Crippen molar-refractivity contribution in [2.75, 3.05) is 25.5 Å². The molecule has 0 fully saturated rings. The third-order valence-corrected chi connectivity index (χ3v) is 5.51. The van der Waals surface area contributed by atoms with Crippen molar-refractivity contribution in [3.05, 3.63) is 65.9 Å². The minimum atomic E-state index is -3.70. The Balaban J connectivity index is 1.76. The van der Waals surface area contributed by atoms with Gasteiger partial charge >= 0.3 is 0 Å². The molecule has 5 nitrogen and oxygen atoms in total. The molecule has 138 valence electrons. The molecule has 0 radical (unpaired) electrons. The molecular formula is C21H21N3O2S. The van der Waals surface area contributed by atoms with Gasteiger partial charge < -0.3 is 4.90 Å². The molecule has 0 spiro atoms. The minimum absolute atomic E-state index is 0.0277. The molecule has 6 heteroatoms. The number of anilines is 1. The van der Waals surface area contributed by atoms with E-state index in [-0.39, 0.29) is 11.4 Å². The van der Waals surface area contributed by atoms with Crippen LogP contribution in [-0.4, -0.2) is 34.0 Å². The number of para-hydroxylation sites is 1. The second-order valence-electron chi connectivity index (χ2n) is 6.35. The maximum Gasteiger partial charge on any atom is 0.243 e. The number of aromatic nitrogens is 1. The highest BCUT2D eigenvalue weighted by Gasteiger charge is 2.17. The summed E-state index contributed by atoms with van der Waals surface area (Å²) in [5, 5.41) is 0.788. The van der Waals surface area contributed by atoms with E-state index in [1.165, 1.54) is 0 Å². The number of pyridine rings is 1. The smallest absolute Gasteiger partial charge is 0.243 e. The topological polar surface area (TPSA) is 62.3 Å². The van der Waals surface area contributed by atoms with Crippen LogP contribution in [0.3, 0.4) is 0 Å². The molecule has 0 aliphatic rings. The molecule has 0 unspecified atom stereocenters. The van der Waals surface area contributed by atoms with Crippen molar-refractivity contribution in [2.45, 2.75) is 11.8 Å². The number of benzene rings is 2. The van der Waals surface area contributed by atoms with Crippen LogP contribution in [-0.2, 0) is 10.0 Å². The number of sulfonamides is 1. The monoisotopic (exact) mass is 379 g/mol. The van der Waals surface area contributed by atoms with Gasteiger partial charge in [0.05, 0.1) is 12.1 Å². The van der Waals surface area contributed by atoms with Crippen molar-refractivity contribution in [1.29, 1.82) is 0 Å². The summed E-state index contributed by atoms with van der Waals surface area (Å²) < 4.78 is 27.9. The number of hydrogen-bond acceptors (Lipinski definition) is 4. The highest BCUT2D eigenvalue weighted by Crippen LogP contribution is 2.21. The van der Waals surface area contributed by atoms with Crippen molar-refractivity contribution in [1.82, 2.24) is 9.71 Å². The average Bonchev–Trinajstić information content (AvgIpc) is 2.65. The molecule has 1 N–H and O–H groups in total. The second-order valence-corrected chi connectivity index (χ2v) is 8.08. The summed E-state index contributed by atoms with van der Waals surface area (Å²) >= 11 is 0. The van der Waals surface area contributed by atoms with Crippen LogP contribution in [0, 0.1) is 18.8 Å². The molecule has 2 aromatic carbocycles. The Hall–Kier alpha value is -2.88. The second kappa shape index (κ2) is 7.78. The lowest BCUT2D eigenvalue weighted by Gasteiger charge is -2.11. The summed E-state index contributed by atoms with van der Waals surface area (Å²) in [6, 6.07) is 16.6. The van der Waals surface area contributed by atoms with Crippen molar-refractivity contribution < 1.29 is 8.42 Å². The van der Waals surface area contributed by atoms with Crippen LogP contribution < -0.4 is 9.62 Å². The predicted octanol–water partition coefficient (Wildman–Crippen LogP) is 2.94. The molecule has 3 rings (SSSR count). The molecular weight excluding hydrogens is 358 g/mol. The normalized spacial score (nSPS) is 11.1. The van der Waals surface area contributed by atoms with Gasteiger partial charge in [0, 0.05) is 36.4 Å². The molecule has 0 amide bonds. The maximum atomic E-state index is 12.7. The fourth-order valence-corrected chi connectivity index (χ4v) is 3.73. The van der Waals surface area contributed by atoms with Gasteiger partial charge in [-0.1, -0.05) is 30.0 Å². The molecule has 0 bridgehead atoms. The van der Waals surface area contributed by atoms with Gasteiger partial charge in [0.1, 0.15) is 4.90 Å². The number of nitrogens with zero attached hydrogens (tertiary/aromatic N) is 2. The van der Waals surface area contributed by atoms with Crippen LogP contribution in [0.4, 0.5) is 5.69 Å². The first-order chi connectivity index (χ1) is 12.9. The van der Waals surface area contributed by atoms with Gasteiger partial charge in [-0.25, -0.2) is 8.42 Å². The first-order valence-electron chi connectivity index (χ1n) is 8.49. The Morgan fingerprint density at radius 3 is 2.48 bits per heavy atom. The maximum absolute atomic E-state index is 12.7. The van der Waals surface area contributed by atoms with E-state index in [4.69, 9.17) is 0 Å². The van der Waals surface area contributed by atoms with Crippen LogP contribution in [0.25, 0.3) is 10.9 Å². The minimum Gasteiger partial charge on any atom is -0.378 e. The van der Waals surface area contributed by atoms with Gasteiger partial charge in [0.2, 0.25) is 10.0 Å². The summed E-state index contributed by atoms with van der Waals surface area (Å²) in [7, 11) is 0.245. The van der Waals surface area contributed by atoms with Crippen molar-refractivity contribution in [3.63, 3.8) is 0 Å². The van der Waals surface area contributed by atoms with E-state index in [0.717, 1.165) is 22.3 Å². The lowest BCUT2D eigenvalue weighted by molar-refractivity contribution is 0.587. The Bertz CT molecular complexity index is 1130. The van der Waals surface area contributed by atoms with E-state index in [1.54, 1.807) is 12.1 Å². The van der Waals surface area contributed by atoms with Gasteiger partial charge in [0.15, 0.2) is 0 Å². The van der Waals surface area contributed by atoms with Gasteiger partial charge in [-0.05, 0) is 43.3 Å². The largest absolute Gasteiger partial charge is 0.378 e. The SMILES string of the molecule is Cc1ccc2cccc(S(=O)(=O)NCC#Cc3ccc(N(C)C)cc3)c2n1. The lowest BCUT2D eigenvalue weighted by Crippen LogP contribution is -2.24. The van der Waals surface area contributed by atoms with E-state index in [0.29, 0.717) is 5.52 Å². The van der Waals surface area contributed by atoms with Crippen molar-refractivity contribution in [3.8, 4) is 11.8 Å². The third-order valence-electron chi connectivity index (χ3n) is 4.08. The first kappa shape index (κ1) is 18.9. The molecule has 0 atom stereocenters. The van der Waals surface area contributed by atoms with E-state index < -0.39 is 10.0 Å². The standard InChI is InChI=1S/C21H21N3O2S/c1-16-9-12-18-7-4-8-20(21(18)23-16)27(25,26)22-15-5-6-17-10-13-19(14-11-17)24(2)3/h4,7-14,22H,15H2,1-3H3. The van der Waals surface area contributed by atoms with Crippen LogP contribution >= 0.6 is 0 Å². The van der Waals surface area contributed by atoms with Crippen molar-refractivity contribution >= 4 is 26.6 Å². The lowest BCUT2D eigenvalue weighted by atomic mass is 10.2. The highest BCUT2D eigenvalue weighted by molar-refractivity contribution is 7.89. The summed E-state index contributed by atoms with van der Waals surface area (Å²) in [4.78, 5) is 6.55. The number of nitrogens with one attached hydrogen (secondary N) is 1. The number of rotatable bonds is 4. The Morgan fingerprint density at radius 2 is 1.78 bits per heavy atom. The molecule has 0 saturated carbocycles. The van der Waals surface area contributed by atoms with Crippen LogP contribution in [0.2, 0.25) is 0 Å². The van der Waals surface area contributed by atoms with Gasteiger partial charge in [0.25, 0.3) is 0 Å². The molecule has 3 aromatic rings. The molecule has 1 aromatic heterocycles. The summed E-state index contributed by atoms with van der Waals surface area (Å²) in [6.45, 7) is 1.86. The van der Waals surface area contributed by atoms with E-state index >= 15 is 0 Å². The zero-order chi connectivity index (χ0) is 19.4. The van der Waals surface area contributed by atoms with Gasteiger partial charge in [-0.3, -0.25) is 4.98 Å². The van der Waals surface area contributed by atoms with E-state index in [2.05, 4.69) is 21.5 Å². The Labute approximate surface area is 160 Å².